The summed E-state index contributed by atoms with van der Waals surface area (Å²) in [5.41, 5.74) is 8.19. The molecule has 3 heteroatoms. The van der Waals surface area contributed by atoms with Gasteiger partial charge in [-0.3, -0.25) is 0 Å². The van der Waals surface area contributed by atoms with Crippen LogP contribution in [0.3, 0.4) is 0 Å². The lowest BCUT2D eigenvalue weighted by atomic mass is 9.99. The molecule has 0 amide bonds. The summed E-state index contributed by atoms with van der Waals surface area (Å²) in [5.74, 6) is 0. The number of anilines is 3. The van der Waals surface area contributed by atoms with Crippen LogP contribution in [0, 0.1) is 0 Å². The van der Waals surface area contributed by atoms with Crippen LogP contribution >= 0.6 is 11.3 Å². The zero-order valence-electron chi connectivity index (χ0n) is 22.8. The molecule has 2 heterocycles. The van der Waals surface area contributed by atoms with Gasteiger partial charge in [-0.1, -0.05) is 109 Å². The Morgan fingerprint density at radius 2 is 1.05 bits per heavy atom. The largest absolute Gasteiger partial charge is 0.311 e. The van der Waals surface area contributed by atoms with Crippen LogP contribution in [0.1, 0.15) is 0 Å². The number of hydrogen-bond donors (Lipinski definition) is 0. The Labute approximate surface area is 248 Å². The SMILES string of the molecule is c1ccc(-c2ccc(N(c3ccccc3)c3ccc(-c4ccnc5sc6c7ccccc7ccc6c45)cc3)cc2)cc1. The van der Waals surface area contributed by atoms with E-state index in [4.69, 9.17) is 4.98 Å². The van der Waals surface area contributed by atoms with Gasteiger partial charge in [0.25, 0.3) is 0 Å². The normalized spacial score (nSPS) is 11.3. The van der Waals surface area contributed by atoms with Crippen LogP contribution in [-0.2, 0) is 0 Å². The zero-order valence-corrected chi connectivity index (χ0v) is 23.6. The number of para-hydroxylation sites is 1. The average molecular weight is 555 g/mol. The van der Waals surface area contributed by atoms with Gasteiger partial charge in [0.1, 0.15) is 4.83 Å². The fourth-order valence-electron chi connectivity index (χ4n) is 5.92. The molecule has 0 radical (unpaired) electrons. The molecule has 0 bridgehead atoms. The molecule has 0 spiro atoms. The molecule has 6 aromatic carbocycles. The Bertz CT molecular complexity index is 2170. The molecule has 0 fully saturated rings. The first kappa shape index (κ1) is 24.5. The fourth-order valence-corrected chi connectivity index (χ4v) is 7.12. The van der Waals surface area contributed by atoms with E-state index in [-0.39, 0.29) is 0 Å². The van der Waals surface area contributed by atoms with Crippen LogP contribution in [0.4, 0.5) is 17.1 Å². The van der Waals surface area contributed by atoms with Crippen molar-refractivity contribution in [3.05, 3.63) is 158 Å². The molecular weight excluding hydrogens is 529 g/mol. The smallest absolute Gasteiger partial charge is 0.125 e. The topological polar surface area (TPSA) is 16.1 Å². The second-order valence-electron chi connectivity index (χ2n) is 10.4. The number of aromatic nitrogens is 1. The summed E-state index contributed by atoms with van der Waals surface area (Å²) in [6.07, 6.45) is 1.94. The van der Waals surface area contributed by atoms with E-state index in [1.807, 2.05) is 6.20 Å². The minimum absolute atomic E-state index is 1.08. The van der Waals surface area contributed by atoms with E-state index in [2.05, 4.69) is 157 Å². The van der Waals surface area contributed by atoms with E-state index < -0.39 is 0 Å². The monoisotopic (exact) mass is 554 g/mol. The third-order valence-corrected chi connectivity index (χ3v) is 9.09. The van der Waals surface area contributed by atoms with Gasteiger partial charge < -0.3 is 4.90 Å². The first-order chi connectivity index (χ1) is 20.8. The lowest BCUT2D eigenvalue weighted by Crippen LogP contribution is -2.09. The highest BCUT2D eigenvalue weighted by Gasteiger charge is 2.16. The Kier molecular flexibility index (Phi) is 6.02. The molecule has 0 saturated carbocycles. The van der Waals surface area contributed by atoms with E-state index in [0.29, 0.717) is 0 Å². The Hall–Kier alpha value is -5.25. The van der Waals surface area contributed by atoms with E-state index in [1.165, 1.54) is 48.5 Å². The van der Waals surface area contributed by atoms with Gasteiger partial charge >= 0.3 is 0 Å². The lowest BCUT2D eigenvalue weighted by molar-refractivity contribution is 1.28. The highest BCUT2D eigenvalue weighted by atomic mass is 32.1. The van der Waals surface area contributed by atoms with Crippen LogP contribution in [0.2, 0.25) is 0 Å². The number of hydrogen-bond acceptors (Lipinski definition) is 3. The number of thiophene rings is 1. The van der Waals surface area contributed by atoms with Crippen molar-refractivity contribution in [2.45, 2.75) is 0 Å². The predicted octanol–water partition coefficient (Wildman–Crippen LogP) is 11.4. The molecule has 8 aromatic rings. The maximum Gasteiger partial charge on any atom is 0.125 e. The number of nitrogens with zero attached hydrogens (tertiary/aromatic N) is 2. The highest BCUT2D eigenvalue weighted by Crippen LogP contribution is 2.43. The fraction of sp³-hybridized carbons (Fsp3) is 0. The first-order valence-electron chi connectivity index (χ1n) is 14.1. The van der Waals surface area contributed by atoms with E-state index >= 15 is 0 Å². The molecule has 42 heavy (non-hydrogen) atoms. The minimum atomic E-state index is 1.08. The molecule has 2 aromatic heterocycles. The van der Waals surface area contributed by atoms with Crippen molar-refractivity contribution in [3.63, 3.8) is 0 Å². The van der Waals surface area contributed by atoms with Crippen molar-refractivity contribution in [3.8, 4) is 22.3 Å². The number of pyridine rings is 1. The summed E-state index contributed by atoms with van der Waals surface area (Å²) in [5, 5.41) is 5.05. The highest BCUT2D eigenvalue weighted by molar-refractivity contribution is 7.26. The average Bonchev–Trinajstić information content (AvgIpc) is 3.46. The number of benzene rings is 6. The molecule has 0 aliphatic rings. The molecule has 0 atom stereocenters. The second-order valence-corrected chi connectivity index (χ2v) is 11.4. The van der Waals surface area contributed by atoms with Crippen molar-refractivity contribution in [2.24, 2.45) is 0 Å². The van der Waals surface area contributed by atoms with E-state index in [1.54, 1.807) is 11.3 Å². The predicted molar refractivity (Wildman–Crippen MR) is 180 cm³/mol. The third kappa shape index (κ3) is 4.23. The van der Waals surface area contributed by atoms with Gasteiger partial charge in [-0.15, -0.1) is 11.3 Å². The van der Waals surface area contributed by atoms with Crippen LogP contribution in [0.25, 0.3) is 53.3 Å². The molecule has 8 rings (SSSR count). The molecule has 2 nitrogen and oxygen atoms in total. The van der Waals surface area contributed by atoms with Crippen LogP contribution in [0.15, 0.2) is 158 Å². The zero-order chi connectivity index (χ0) is 27.9. The third-order valence-electron chi connectivity index (χ3n) is 7.95. The summed E-state index contributed by atoms with van der Waals surface area (Å²) in [6.45, 7) is 0. The molecular formula is C39H26N2S. The van der Waals surface area contributed by atoms with E-state index in [0.717, 1.165) is 21.9 Å². The molecule has 0 aliphatic carbocycles. The molecule has 0 unspecified atom stereocenters. The molecule has 198 valence electrons. The lowest BCUT2D eigenvalue weighted by Gasteiger charge is -2.26. The maximum absolute atomic E-state index is 4.78. The van der Waals surface area contributed by atoms with E-state index in [9.17, 15) is 0 Å². The van der Waals surface area contributed by atoms with Gasteiger partial charge in [-0.05, 0) is 75.5 Å². The summed E-state index contributed by atoms with van der Waals surface area (Å²) in [4.78, 5) is 8.16. The van der Waals surface area contributed by atoms with Crippen LogP contribution in [0.5, 0.6) is 0 Å². The van der Waals surface area contributed by atoms with Crippen molar-refractivity contribution >= 4 is 59.5 Å². The standard InChI is InChI=1S/C39H26N2S/c1-3-9-27(10-4-1)28-15-20-32(21-16-28)41(31-12-5-2-6-13-31)33-22-17-30(18-23-33)34-25-26-40-39-37(34)36-24-19-29-11-7-8-14-35(29)38(36)42-39/h1-26H. The summed E-state index contributed by atoms with van der Waals surface area (Å²) in [6, 6.07) is 54.1. The quantitative estimate of drug-likeness (QED) is 0.210. The number of fused-ring (bicyclic) bond motifs is 5. The summed E-state index contributed by atoms with van der Waals surface area (Å²) in [7, 11) is 0. The molecule has 0 N–H and O–H groups in total. The molecule has 0 saturated heterocycles. The maximum atomic E-state index is 4.78. The Morgan fingerprint density at radius 3 is 1.79 bits per heavy atom. The van der Waals surface area contributed by atoms with Gasteiger partial charge in [0.2, 0.25) is 0 Å². The number of rotatable bonds is 5. The minimum Gasteiger partial charge on any atom is -0.311 e. The van der Waals surface area contributed by atoms with Crippen molar-refractivity contribution in [1.82, 2.24) is 4.98 Å². The van der Waals surface area contributed by atoms with Gasteiger partial charge in [-0.25, -0.2) is 4.98 Å². The second kappa shape index (κ2) is 10.3. The van der Waals surface area contributed by atoms with Gasteiger partial charge in [-0.2, -0.15) is 0 Å². The van der Waals surface area contributed by atoms with Gasteiger partial charge in [0.05, 0.1) is 0 Å². The van der Waals surface area contributed by atoms with Crippen molar-refractivity contribution in [1.29, 1.82) is 0 Å². The van der Waals surface area contributed by atoms with Crippen LogP contribution in [-0.4, -0.2) is 4.98 Å². The summed E-state index contributed by atoms with van der Waals surface area (Å²) >= 11 is 1.78. The van der Waals surface area contributed by atoms with Crippen LogP contribution < -0.4 is 4.90 Å². The summed E-state index contributed by atoms with van der Waals surface area (Å²) < 4.78 is 1.30. The van der Waals surface area contributed by atoms with Gasteiger partial charge in [0.15, 0.2) is 0 Å². The van der Waals surface area contributed by atoms with Crippen molar-refractivity contribution in [2.75, 3.05) is 4.90 Å². The van der Waals surface area contributed by atoms with Gasteiger partial charge in [0, 0.05) is 38.7 Å². The van der Waals surface area contributed by atoms with Crippen molar-refractivity contribution < 1.29 is 0 Å². The molecule has 0 aliphatic heterocycles. The Morgan fingerprint density at radius 1 is 0.452 bits per heavy atom. The Balaban J connectivity index is 1.21. The first-order valence-corrected chi connectivity index (χ1v) is 15.0.